The first kappa shape index (κ1) is 21.3. The Morgan fingerprint density at radius 2 is 1.72 bits per heavy atom. The second-order valence-electron chi connectivity index (χ2n) is 7.52. The third-order valence-corrected chi connectivity index (χ3v) is 6.09. The van der Waals surface area contributed by atoms with E-state index in [0.29, 0.717) is 5.13 Å². The lowest BCUT2D eigenvalue weighted by Gasteiger charge is -2.12. The van der Waals surface area contributed by atoms with Crippen LogP contribution in [0.15, 0.2) is 35.7 Å². The molecule has 0 aliphatic carbocycles. The molecule has 3 amide bonds. The van der Waals surface area contributed by atoms with Gasteiger partial charge in [0.05, 0.1) is 21.7 Å². The smallest absolute Gasteiger partial charge is 0.270 e. The van der Waals surface area contributed by atoms with Gasteiger partial charge in [-0.1, -0.05) is 6.07 Å². The normalized spacial score (nSPS) is 12.8. The van der Waals surface area contributed by atoms with Crippen molar-refractivity contribution in [3.8, 4) is 11.3 Å². The summed E-state index contributed by atoms with van der Waals surface area (Å²) < 4.78 is 0. The Morgan fingerprint density at radius 1 is 1.03 bits per heavy atom. The molecule has 1 aliphatic heterocycles. The molecule has 32 heavy (non-hydrogen) atoms. The van der Waals surface area contributed by atoms with Crippen molar-refractivity contribution >= 4 is 39.9 Å². The minimum atomic E-state index is -0.741. The molecule has 0 saturated carbocycles. The molecule has 0 atom stereocenters. The highest BCUT2D eigenvalue weighted by Crippen LogP contribution is 2.30. The largest absolute Gasteiger partial charge is 0.300 e. The van der Waals surface area contributed by atoms with Gasteiger partial charge in [0.15, 0.2) is 5.13 Å². The summed E-state index contributed by atoms with van der Waals surface area (Å²) in [5.41, 5.74) is 4.72. The summed E-state index contributed by atoms with van der Waals surface area (Å²) in [5.74, 6) is -2.00. The number of thiazole rings is 1. The zero-order valence-corrected chi connectivity index (χ0v) is 18.3. The molecule has 1 aromatic heterocycles. The van der Waals surface area contributed by atoms with Crippen molar-refractivity contribution in [3.05, 3.63) is 73.6 Å². The summed E-state index contributed by atoms with van der Waals surface area (Å²) in [4.78, 5) is 53.1. The molecule has 1 aliphatic rings. The lowest BCUT2D eigenvalue weighted by Crippen LogP contribution is -2.37. The maximum absolute atomic E-state index is 12.5. The number of nitrogens with zero attached hydrogens (tertiary/aromatic N) is 3. The Balaban J connectivity index is 1.48. The van der Waals surface area contributed by atoms with Crippen molar-refractivity contribution in [2.24, 2.45) is 0 Å². The highest BCUT2D eigenvalue weighted by Gasteiger charge is 2.37. The number of hydrogen-bond donors (Lipinski definition) is 1. The van der Waals surface area contributed by atoms with Crippen molar-refractivity contribution in [2.75, 3.05) is 11.9 Å². The maximum atomic E-state index is 12.5. The number of nitrogens with one attached hydrogen (secondary N) is 1. The van der Waals surface area contributed by atoms with Crippen LogP contribution in [0.25, 0.3) is 11.3 Å². The molecular formula is C22H18N4O5S. The first-order chi connectivity index (χ1) is 15.2. The summed E-state index contributed by atoms with van der Waals surface area (Å²) in [6.45, 7) is 5.53. The number of nitro benzene ring substituents is 1. The van der Waals surface area contributed by atoms with E-state index in [0.717, 1.165) is 39.4 Å². The molecule has 1 N–H and O–H groups in total. The van der Waals surface area contributed by atoms with Gasteiger partial charge in [-0.05, 0) is 49.6 Å². The number of amides is 3. The van der Waals surface area contributed by atoms with Crippen LogP contribution in [0.1, 0.15) is 37.4 Å². The molecule has 0 spiro atoms. The minimum Gasteiger partial charge on any atom is -0.300 e. The summed E-state index contributed by atoms with van der Waals surface area (Å²) in [6, 6.07) is 7.55. The molecule has 0 saturated heterocycles. The second kappa shape index (κ2) is 7.97. The van der Waals surface area contributed by atoms with Crippen molar-refractivity contribution in [2.45, 2.75) is 20.8 Å². The van der Waals surface area contributed by atoms with Gasteiger partial charge in [0, 0.05) is 23.1 Å². The average Bonchev–Trinajstić information content (AvgIpc) is 3.29. The second-order valence-corrected chi connectivity index (χ2v) is 8.38. The van der Waals surface area contributed by atoms with Crippen LogP contribution in [-0.2, 0) is 4.79 Å². The van der Waals surface area contributed by atoms with E-state index in [1.165, 1.54) is 23.0 Å². The van der Waals surface area contributed by atoms with Crippen molar-refractivity contribution in [3.63, 3.8) is 0 Å². The fourth-order valence-corrected chi connectivity index (χ4v) is 4.26. The Kier molecular flexibility index (Phi) is 5.31. The monoisotopic (exact) mass is 450 g/mol. The van der Waals surface area contributed by atoms with Gasteiger partial charge < -0.3 is 5.32 Å². The predicted octanol–water partition coefficient (Wildman–Crippen LogP) is 3.88. The average molecular weight is 450 g/mol. The van der Waals surface area contributed by atoms with Crippen LogP contribution >= 0.6 is 11.3 Å². The fraction of sp³-hybridized carbons (Fsp3) is 0.182. The molecule has 0 fully saturated rings. The summed E-state index contributed by atoms with van der Waals surface area (Å²) in [5, 5.41) is 15.7. The van der Waals surface area contributed by atoms with Crippen LogP contribution in [0, 0.1) is 30.9 Å². The van der Waals surface area contributed by atoms with Crippen LogP contribution in [0.5, 0.6) is 0 Å². The van der Waals surface area contributed by atoms with Crippen LogP contribution in [0.2, 0.25) is 0 Å². The molecule has 2 aromatic carbocycles. The number of carbonyl (C=O) groups excluding carboxylic acids is 3. The molecule has 9 nitrogen and oxygen atoms in total. The number of fused-ring (bicyclic) bond motifs is 1. The SMILES string of the molecule is Cc1cc(C)c(-c2csc(NC(=O)CN3C(=O)c4ccc([N+](=O)[O-])cc4C3=O)n2)cc1C. The third-order valence-electron chi connectivity index (χ3n) is 5.33. The number of imide groups is 1. The van der Waals surface area contributed by atoms with Crippen molar-refractivity contribution < 1.29 is 19.3 Å². The quantitative estimate of drug-likeness (QED) is 0.358. The van der Waals surface area contributed by atoms with Gasteiger partial charge in [-0.25, -0.2) is 4.98 Å². The van der Waals surface area contributed by atoms with Crippen molar-refractivity contribution in [1.82, 2.24) is 9.88 Å². The number of benzene rings is 2. The van der Waals surface area contributed by atoms with Gasteiger partial charge in [0.1, 0.15) is 6.54 Å². The van der Waals surface area contributed by atoms with Crippen LogP contribution in [0.3, 0.4) is 0 Å². The number of hydrogen-bond acceptors (Lipinski definition) is 7. The van der Waals surface area contributed by atoms with Gasteiger partial charge in [-0.2, -0.15) is 0 Å². The highest BCUT2D eigenvalue weighted by molar-refractivity contribution is 7.14. The van der Waals surface area contributed by atoms with E-state index in [9.17, 15) is 24.5 Å². The molecule has 3 aromatic rings. The first-order valence-corrected chi connectivity index (χ1v) is 10.5. The maximum Gasteiger partial charge on any atom is 0.270 e. The molecule has 0 bridgehead atoms. The van der Waals surface area contributed by atoms with Gasteiger partial charge in [0.25, 0.3) is 17.5 Å². The van der Waals surface area contributed by atoms with Crippen LogP contribution < -0.4 is 5.32 Å². The van der Waals surface area contributed by atoms with Crippen LogP contribution in [0.4, 0.5) is 10.8 Å². The van der Waals surface area contributed by atoms with E-state index in [1.807, 2.05) is 32.2 Å². The van der Waals surface area contributed by atoms with E-state index >= 15 is 0 Å². The van der Waals surface area contributed by atoms with E-state index < -0.39 is 29.2 Å². The van der Waals surface area contributed by atoms with E-state index in [1.54, 1.807) is 0 Å². The van der Waals surface area contributed by atoms with E-state index in [-0.39, 0.29) is 16.8 Å². The zero-order valence-electron chi connectivity index (χ0n) is 17.5. The Morgan fingerprint density at radius 3 is 2.44 bits per heavy atom. The first-order valence-electron chi connectivity index (χ1n) is 9.64. The number of carbonyl (C=O) groups is 3. The fourth-order valence-electron chi connectivity index (χ4n) is 3.53. The van der Waals surface area contributed by atoms with Crippen molar-refractivity contribution in [1.29, 1.82) is 0 Å². The molecule has 4 rings (SSSR count). The van der Waals surface area contributed by atoms with Gasteiger partial charge >= 0.3 is 0 Å². The Hall–Kier alpha value is -3.92. The number of nitro groups is 1. The molecular weight excluding hydrogens is 432 g/mol. The molecule has 10 heteroatoms. The van der Waals surface area contributed by atoms with Gasteiger partial charge in [0.2, 0.25) is 5.91 Å². The van der Waals surface area contributed by atoms with Gasteiger partial charge in [-0.15, -0.1) is 11.3 Å². The lowest BCUT2D eigenvalue weighted by molar-refractivity contribution is -0.384. The number of non-ortho nitro benzene ring substituents is 1. The van der Waals surface area contributed by atoms with Gasteiger partial charge in [-0.3, -0.25) is 29.4 Å². The Bertz CT molecular complexity index is 1310. The summed E-state index contributed by atoms with van der Waals surface area (Å²) >= 11 is 1.24. The number of aromatic nitrogens is 1. The number of rotatable bonds is 5. The zero-order chi connectivity index (χ0) is 23.2. The minimum absolute atomic E-state index is 0.0372. The molecule has 0 radical (unpaired) electrons. The summed E-state index contributed by atoms with van der Waals surface area (Å²) in [7, 11) is 0. The highest BCUT2D eigenvalue weighted by atomic mass is 32.1. The predicted molar refractivity (Wildman–Crippen MR) is 119 cm³/mol. The summed E-state index contributed by atoms with van der Waals surface area (Å²) in [6.07, 6.45) is 0. The molecule has 162 valence electrons. The lowest BCUT2D eigenvalue weighted by atomic mass is 9.99. The number of anilines is 1. The van der Waals surface area contributed by atoms with E-state index in [2.05, 4.69) is 16.4 Å². The van der Waals surface area contributed by atoms with E-state index in [4.69, 9.17) is 0 Å². The molecule has 2 heterocycles. The topological polar surface area (TPSA) is 123 Å². The third kappa shape index (κ3) is 3.76. The van der Waals surface area contributed by atoms with Crippen LogP contribution in [-0.4, -0.2) is 39.1 Å². The number of aryl methyl sites for hydroxylation is 3. The standard InChI is InChI=1S/C22H18N4O5S/c1-11-6-13(3)16(7-12(11)2)18-10-32-22(23-18)24-19(27)9-25-20(28)15-5-4-14(26(30)31)8-17(15)21(25)29/h4-8,10H,9H2,1-3H3,(H,23,24,27). The Labute approximate surface area is 186 Å². The molecule has 0 unspecified atom stereocenters.